The molecule has 0 aliphatic carbocycles. The number of nitrogens with zero attached hydrogens (tertiary/aromatic N) is 1. The second kappa shape index (κ2) is 4.59. The topological polar surface area (TPSA) is 89.5 Å². The van der Waals surface area contributed by atoms with Gasteiger partial charge in [0, 0.05) is 18.1 Å². The van der Waals surface area contributed by atoms with Gasteiger partial charge in [-0.1, -0.05) is 18.2 Å². The first-order chi connectivity index (χ1) is 10.0. The van der Waals surface area contributed by atoms with Crippen molar-refractivity contribution in [2.24, 2.45) is 0 Å². The molecule has 1 N–H and O–H groups in total. The summed E-state index contributed by atoms with van der Waals surface area (Å²) in [6.45, 7) is 2.10. The Balaban J connectivity index is 2.72. The maximum absolute atomic E-state index is 12.4. The van der Waals surface area contributed by atoms with Gasteiger partial charge in [-0.15, -0.1) is 0 Å². The molecule has 1 aromatic carbocycles. The molecular formula is C15H11NO5. The molecule has 2 heterocycles. The molecule has 21 heavy (non-hydrogen) atoms. The lowest BCUT2D eigenvalue weighted by atomic mass is 10.1. The van der Waals surface area contributed by atoms with Crippen molar-refractivity contribution in [3.05, 3.63) is 56.7 Å². The van der Waals surface area contributed by atoms with Crippen LogP contribution in [-0.2, 0) is 6.54 Å². The number of aromatic carboxylic acids is 1. The van der Waals surface area contributed by atoms with Gasteiger partial charge >= 0.3 is 11.6 Å². The lowest BCUT2D eigenvalue weighted by Crippen LogP contribution is -2.22. The van der Waals surface area contributed by atoms with Crippen molar-refractivity contribution in [2.45, 2.75) is 13.5 Å². The van der Waals surface area contributed by atoms with E-state index in [1.54, 1.807) is 31.2 Å². The molecule has 106 valence electrons. The van der Waals surface area contributed by atoms with Gasteiger partial charge < -0.3 is 14.1 Å². The van der Waals surface area contributed by atoms with Gasteiger partial charge in [0.2, 0.25) is 5.43 Å². The van der Waals surface area contributed by atoms with E-state index in [0.29, 0.717) is 11.9 Å². The van der Waals surface area contributed by atoms with Crippen LogP contribution in [0.2, 0.25) is 0 Å². The van der Waals surface area contributed by atoms with Gasteiger partial charge in [-0.05, 0) is 13.0 Å². The van der Waals surface area contributed by atoms with Crippen LogP contribution in [0.1, 0.15) is 17.3 Å². The Labute approximate surface area is 117 Å². The molecule has 3 rings (SSSR count). The van der Waals surface area contributed by atoms with Crippen molar-refractivity contribution in [1.29, 1.82) is 0 Å². The summed E-state index contributed by atoms with van der Waals surface area (Å²) >= 11 is 0. The smallest absolute Gasteiger partial charge is 0.361 e. The average molecular weight is 285 g/mol. The molecule has 0 radical (unpaired) electrons. The molecule has 6 heteroatoms. The highest BCUT2D eigenvalue weighted by Gasteiger charge is 2.19. The van der Waals surface area contributed by atoms with Crippen molar-refractivity contribution in [2.75, 3.05) is 0 Å². The standard InChI is InChI=1S/C15H11NO5/c1-2-16-7-9(14(18)19)13(17)11-8-5-3-4-6-10(8)21-15(20)12(11)16/h3-7H,2H2,1H3,(H,18,19). The number of fused-ring (bicyclic) bond motifs is 3. The van der Waals surface area contributed by atoms with Gasteiger partial charge in [0.15, 0.2) is 0 Å². The van der Waals surface area contributed by atoms with E-state index in [0.717, 1.165) is 0 Å². The van der Waals surface area contributed by atoms with E-state index < -0.39 is 17.0 Å². The van der Waals surface area contributed by atoms with Gasteiger partial charge in [0.25, 0.3) is 0 Å². The number of para-hydroxylation sites is 1. The maximum atomic E-state index is 12.4. The largest absolute Gasteiger partial charge is 0.477 e. The van der Waals surface area contributed by atoms with Gasteiger partial charge in [-0.25, -0.2) is 9.59 Å². The molecule has 3 aromatic rings. The highest BCUT2D eigenvalue weighted by molar-refractivity contribution is 6.05. The van der Waals surface area contributed by atoms with Crippen LogP contribution in [0.4, 0.5) is 0 Å². The van der Waals surface area contributed by atoms with Crippen molar-refractivity contribution in [1.82, 2.24) is 4.57 Å². The van der Waals surface area contributed by atoms with E-state index in [9.17, 15) is 19.5 Å². The van der Waals surface area contributed by atoms with Crippen LogP contribution < -0.4 is 11.1 Å². The Morgan fingerprint density at radius 1 is 1.29 bits per heavy atom. The van der Waals surface area contributed by atoms with Crippen molar-refractivity contribution in [3.63, 3.8) is 0 Å². The third-order valence-corrected chi connectivity index (χ3v) is 3.40. The number of carboxylic acids is 1. The van der Waals surface area contributed by atoms with Crippen molar-refractivity contribution < 1.29 is 14.3 Å². The minimum Gasteiger partial charge on any atom is -0.477 e. The third kappa shape index (κ3) is 1.84. The molecule has 0 fully saturated rings. The highest BCUT2D eigenvalue weighted by Crippen LogP contribution is 2.20. The molecule has 0 aliphatic heterocycles. The summed E-state index contributed by atoms with van der Waals surface area (Å²) in [4.78, 5) is 35.8. The summed E-state index contributed by atoms with van der Waals surface area (Å²) in [5.41, 5.74) is -1.34. The van der Waals surface area contributed by atoms with Crippen molar-refractivity contribution in [3.8, 4) is 0 Å². The van der Waals surface area contributed by atoms with E-state index in [2.05, 4.69) is 0 Å². The van der Waals surface area contributed by atoms with E-state index in [1.165, 1.54) is 10.8 Å². The molecular weight excluding hydrogens is 274 g/mol. The van der Waals surface area contributed by atoms with E-state index >= 15 is 0 Å². The number of aryl methyl sites for hydroxylation is 1. The van der Waals surface area contributed by atoms with Gasteiger partial charge in [-0.2, -0.15) is 0 Å². The number of hydrogen-bond donors (Lipinski definition) is 1. The average Bonchev–Trinajstić information content (AvgIpc) is 2.47. The SMILES string of the molecule is CCn1cc(C(=O)O)c(=O)c2c3ccccc3oc(=O)c21. The lowest BCUT2D eigenvalue weighted by Gasteiger charge is -2.10. The van der Waals surface area contributed by atoms with Crippen LogP contribution in [0, 0.1) is 0 Å². The Morgan fingerprint density at radius 3 is 2.67 bits per heavy atom. The summed E-state index contributed by atoms with van der Waals surface area (Å²) < 4.78 is 6.64. The number of pyridine rings is 1. The quantitative estimate of drug-likeness (QED) is 0.573. The first-order valence-corrected chi connectivity index (χ1v) is 6.37. The number of rotatable bonds is 2. The Kier molecular flexibility index (Phi) is 2.86. The minimum atomic E-state index is -1.32. The van der Waals surface area contributed by atoms with Crippen LogP contribution in [0.5, 0.6) is 0 Å². The monoisotopic (exact) mass is 285 g/mol. The molecule has 0 amide bonds. The molecule has 0 saturated carbocycles. The van der Waals surface area contributed by atoms with Crippen LogP contribution in [-0.4, -0.2) is 15.6 Å². The first kappa shape index (κ1) is 13.1. The zero-order valence-electron chi connectivity index (χ0n) is 11.1. The maximum Gasteiger partial charge on any atom is 0.361 e. The zero-order chi connectivity index (χ0) is 15.1. The van der Waals surface area contributed by atoms with Gasteiger partial charge in [-0.3, -0.25) is 4.79 Å². The Hall–Kier alpha value is -2.89. The number of carbonyl (C=O) groups is 1. The summed E-state index contributed by atoms with van der Waals surface area (Å²) in [5.74, 6) is -1.32. The summed E-state index contributed by atoms with van der Waals surface area (Å²) in [5, 5.41) is 9.69. The second-order valence-corrected chi connectivity index (χ2v) is 4.57. The summed E-state index contributed by atoms with van der Waals surface area (Å²) in [6, 6.07) is 6.58. The summed E-state index contributed by atoms with van der Waals surface area (Å²) in [6.07, 6.45) is 1.18. The third-order valence-electron chi connectivity index (χ3n) is 3.40. The first-order valence-electron chi connectivity index (χ1n) is 6.37. The van der Waals surface area contributed by atoms with E-state index in [4.69, 9.17) is 4.42 Å². The number of carboxylic acid groups (broad SMARTS) is 1. The number of aromatic nitrogens is 1. The molecule has 6 nitrogen and oxygen atoms in total. The number of hydrogen-bond acceptors (Lipinski definition) is 4. The number of benzene rings is 1. The summed E-state index contributed by atoms with van der Waals surface area (Å²) in [7, 11) is 0. The van der Waals surface area contributed by atoms with Crippen LogP contribution in [0.3, 0.4) is 0 Å². The fourth-order valence-electron chi connectivity index (χ4n) is 2.45. The minimum absolute atomic E-state index is 0.0867. The molecule has 0 bridgehead atoms. The van der Waals surface area contributed by atoms with E-state index in [1.807, 2.05) is 0 Å². The lowest BCUT2D eigenvalue weighted by molar-refractivity contribution is 0.0695. The molecule has 0 unspecified atom stereocenters. The highest BCUT2D eigenvalue weighted by atomic mass is 16.4. The molecule has 0 atom stereocenters. The van der Waals surface area contributed by atoms with Crippen LogP contribution in [0.15, 0.2) is 44.5 Å². The van der Waals surface area contributed by atoms with Gasteiger partial charge in [0.1, 0.15) is 16.7 Å². The normalized spacial score (nSPS) is 11.1. The van der Waals surface area contributed by atoms with Crippen molar-refractivity contribution >= 4 is 27.8 Å². The molecule has 2 aromatic heterocycles. The fraction of sp³-hybridized carbons (Fsp3) is 0.133. The molecule has 0 saturated heterocycles. The Bertz CT molecular complexity index is 997. The Morgan fingerprint density at radius 2 is 2.00 bits per heavy atom. The predicted octanol–water partition coefficient (Wildman–Crippen LogP) is 1.83. The van der Waals surface area contributed by atoms with E-state index in [-0.39, 0.29) is 22.0 Å². The second-order valence-electron chi connectivity index (χ2n) is 4.57. The fourth-order valence-corrected chi connectivity index (χ4v) is 2.45. The zero-order valence-corrected chi connectivity index (χ0v) is 11.1. The predicted molar refractivity (Wildman–Crippen MR) is 76.9 cm³/mol. The molecule has 0 aliphatic rings. The van der Waals surface area contributed by atoms with Gasteiger partial charge in [0.05, 0.1) is 5.39 Å². The van der Waals surface area contributed by atoms with Crippen LogP contribution in [0.25, 0.3) is 21.9 Å². The molecule has 0 spiro atoms. The van der Waals surface area contributed by atoms with Crippen LogP contribution >= 0.6 is 0 Å².